The minimum Gasteiger partial charge on any atom is -0.467 e. The molecule has 22 heavy (non-hydrogen) atoms. The van der Waals surface area contributed by atoms with Gasteiger partial charge in [0.1, 0.15) is 34.8 Å². The zero-order chi connectivity index (χ0) is 15.9. The highest BCUT2D eigenvalue weighted by molar-refractivity contribution is 6.29. The summed E-state index contributed by atoms with van der Waals surface area (Å²) in [7, 11) is 1.40. The Bertz CT molecular complexity index is 564. The Hall–Kier alpha value is -1.23. The molecule has 0 unspecified atom stereocenters. The van der Waals surface area contributed by atoms with Crippen molar-refractivity contribution in [3.05, 3.63) is 11.2 Å². The van der Waals surface area contributed by atoms with E-state index in [-0.39, 0.29) is 23.6 Å². The number of aliphatic hydroxyl groups is 3. The Morgan fingerprint density at radius 1 is 1.50 bits per heavy atom. The minimum absolute atomic E-state index is 0.0155. The van der Waals surface area contributed by atoms with Crippen molar-refractivity contribution in [3.63, 3.8) is 0 Å². The number of nitrogens with zero attached hydrogens (tertiary/aromatic N) is 2. The number of aromatic nitrogens is 2. The molecule has 0 aliphatic carbocycles. The first-order chi connectivity index (χ1) is 10.5. The van der Waals surface area contributed by atoms with Crippen molar-refractivity contribution in [2.45, 2.75) is 30.1 Å². The standard InChI is InChI=1S/C12H16ClN3O6/c1-20-11-14-5(13)2-6(16-11)15-7-8(18)9(19)12(3-17)4-21-10(7)22-12/h2,7-10,17-19H,3-4H2,1H3,(H,14,15,16)/t7-,8-,9-,10+,12+/m1/s1. The predicted molar refractivity (Wildman–Crippen MR) is 73.7 cm³/mol. The number of methoxy groups -OCH3 is 1. The van der Waals surface area contributed by atoms with Crippen molar-refractivity contribution < 1.29 is 29.5 Å². The van der Waals surface area contributed by atoms with E-state index in [0.29, 0.717) is 0 Å². The lowest BCUT2D eigenvalue weighted by molar-refractivity contribution is -0.224. The monoisotopic (exact) mass is 333 g/mol. The summed E-state index contributed by atoms with van der Waals surface area (Å²) in [5.74, 6) is 0.281. The molecule has 2 fully saturated rings. The van der Waals surface area contributed by atoms with E-state index >= 15 is 0 Å². The van der Waals surface area contributed by atoms with E-state index in [4.69, 9.17) is 25.8 Å². The van der Waals surface area contributed by atoms with Crippen LogP contribution in [0.5, 0.6) is 6.01 Å². The van der Waals surface area contributed by atoms with Crippen molar-refractivity contribution in [2.75, 3.05) is 25.6 Å². The van der Waals surface area contributed by atoms with Gasteiger partial charge in [0.25, 0.3) is 0 Å². The quantitative estimate of drug-likeness (QED) is 0.500. The van der Waals surface area contributed by atoms with Gasteiger partial charge in [0, 0.05) is 6.07 Å². The summed E-state index contributed by atoms with van der Waals surface area (Å²) in [6.07, 6.45) is -3.38. The van der Waals surface area contributed by atoms with Gasteiger partial charge >= 0.3 is 6.01 Å². The molecule has 1 aromatic heterocycles. The Kier molecular flexibility index (Phi) is 4.10. The predicted octanol–water partition coefficient (Wildman–Crippen LogP) is -1.24. The van der Waals surface area contributed by atoms with Crippen LogP contribution in [-0.2, 0) is 9.47 Å². The second kappa shape index (κ2) is 5.76. The van der Waals surface area contributed by atoms with Gasteiger partial charge in [-0.1, -0.05) is 11.6 Å². The average molecular weight is 334 g/mol. The third kappa shape index (κ3) is 2.49. The van der Waals surface area contributed by atoms with Crippen LogP contribution in [0.1, 0.15) is 0 Å². The molecule has 0 spiro atoms. The highest BCUT2D eigenvalue weighted by Crippen LogP contribution is 2.37. The zero-order valence-electron chi connectivity index (χ0n) is 11.6. The van der Waals surface area contributed by atoms with E-state index < -0.39 is 36.7 Å². The summed E-state index contributed by atoms with van der Waals surface area (Å²) in [6.45, 7) is -0.472. The van der Waals surface area contributed by atoms with Gasteiger partial charge in [-0.25, -0.2) is 0 Å². The van der Waals surface area contributed by atoms with E-state index in [0.717, 1.165) is 0 Å². The molecule has 0 saturated carbocycles. The fourth-order valence-electron chi connectivity index (χ4n) is 2.59. The Morgan fingerprint density at radius 2 is 2.27 bits per heavy atom. The molecule has 9 nitrogen and oxygen atoms in total. The van der Waals surface area contributed by atoms with E-state index in [1.165, 1.54) is 13.2 Å². The van der Waals surface area contributed by atoms with E-state index in [1.54, 1.807) is 0 Å². The smallest absolute Gasteiger partial charge is 0.319 e. The number of ether oxygens (including phenoxy) is 3. The molecule has 10 heteroatoms. The summed E-state index contributed by atoms with van der Waals surface area (Å²) >= 11 is 5.86. The maximum absolute atomic E-state index is 10.3. The van der Waals surface area contributed by atoms with Crippen LogP contribution in [-0.4, -0.2) is 75.8 Å². The SMILES string of the molecule is COc1nc(Cl)cc(N[C@H]2[C@H]3OC[C@](CO)(O3)[C@H](O)[C@@H]2O)n1. The molecule has 2 aliphatic rings. The average Bonchev–Trinajstić information content (AvgIpc) is 2.92. The van der Waals surface area contributed by atoms with Crippen molar-refractivity contribution in [3.8, 4) is 6.01 Å². The lowest BCUT2D eigenvalue weighted by Crippen LogP contribution is -2.64. The van der Waals surface area contributed by atoms with Crippen LogP contribution < -0.4 is 10.1 Å². The maximum atomic E-state index is 10.3. The van der Waals surface area contributed by atoms with Gasteiger partial charge in [0.05, 0.1) is 20.3 Å². The molecule has 4 N–H and O–H groups in total. The first kappa shape index (κ1) is 15.7. The number of fused-ring (bicyclic) bond motifs is 2. The lowest BCUT2D eigenvalue weighted by atomic mass is 9.88. The number of anilines is 1. The third-order valence-corrected chi connectivity index (χ3v) is 4.00. The molecule has 1 aromatic rings. The Morgan fingerprint density at radius 3 is 2.95 bits per heavy atom. The molecule has 3 rings (SSSR count). The molecule has 5 atom stereocenters. The number of nitrogens with one attached hydrogen (secondary N) is 1. The van der Waals surface area contributed by atoms with E-state index in [9.17, 15) is 15.3 Å². The van der Waals surface area contributed by atoms with Crippen LogP contribution in [0.25, 0.3) is 0 Å². The van der Waals surface area contributed by atoms with Crippen LogP contribution >= 0.6 is 11.6 Å². The van der Waals surface area contributed by atoms with Crippen LogP contribution in [0.2, 0.25) is 5.15 Å². The van der Waals surface area contributed by atoms with Crippen LogP contribution in [0.15, 0.2) is 6.07 Å². The summed E-state index contributed by atoms with van der Waals surface area (Å²) in [6, 6.07) is 0.693. The number of halogens is 1. The molecule has 122 valence electrons. The van der Waals surface area contributed by atoms with Crippen LogP contribution in [0.3, 0.4) is 0 Å². The van der Waals surface area contributed by atoms with Gasteiger partial charge in [-0.2, -0.15) is 9.97 Å². The van der Waals surface area contributed by atoms with Crippen LogP contribution in [0, 0.1) is 0 Å². The second-order valence-electron chi connectivity index (χ2n) is 5.19. The van der Waals surface area contributed by atoms with Crippen molar-refractivity contribution in [1.82, 2.24) is 9.97 Å². The molecular weight excluding hydrogens is 318 g/mol. The van der Waals surface area contributed by atoms with Gasteiger partial charge in [-0.15, -0.1) is 0 Å². The zero-order valence-corrected chi connectivity index (χ0v) is 12.4. The van der Waals surface area contributed by atoms with Crippen molar-refractivity contribution >= 4 is 17.4 Å². The fraction of sp³-hybridized carbons (Fsp3) is 0.667. The van der Waals surface area contributed by atoms with Gasteiger partial charge in [0.2, 0.25) is 0 Å². The van der Waals surface area contributed by atoms with E-state index in [2.05, 4.69) is 15.3 Å². The van der Waals surface area contributed by atoms with Crippen molar-refractivity contribution in [2.24, 2.45) is 0 Å². The molecule has 0 radical (unpaired) electrons. The van der Waals surface area contributed by atoms with Crippen molar-refractivity contribution in [1.29, 1.82) is 0 Å². The number of hydrogen-bond donors (Lipinski definition) is 4. The molecule has 2 saturated heterocycles. The van der Waals surface area contributed by atoms with Crippen LogP contribution in [0.4, 0.5) is 5.82 Å². The number of hydrogen-bond acceptors (Lipinski definition) is 9. The Labute approximate surface area is 130 Å². The number of aliphatic hydroxyl groups excluding tert-OH is 3. The third-order valence-electron chi connectivity index (χ3n) is 3.81. The summed E-state index contributed by atoms with van der Waals surface area (Å²) in [4.78, 5) is 7.88. The minimum atomic E-state index is -1.31. The normalized spacial score (nSPS) is 37.1. The topological polar surface area (TPSA) is 126 Å². The molecule has 3 heterocycles. The second-order valence-corrected chi connectivity index (χ2v) is 5.58. The summed E-state index contributed by atoms with van der Waals surface area (Å²) in [5.41, 5.74) is -1.30. The van der Waals surface area contributed by atoms with Gasteiger partial charge in [-0.05, 0) is 0 Å². The molecule has 0 amide bonds. The first-order valence-electron chi connectivity index (χ1n) is 6.60. The lowest BCUT2D eigenvalue weighted by Gasteiger charge is -2.42. The largest absolute Gasteiger partial charge is 0.467 e. The van der Waals surface area contributed by atoms with Gasteiger partial charge in [0.15, 0.2) is 6.29 Å². The number of rotatable bonds is 4. The highest BCUT2D eigenvalue weighted by Gasteiger charge is 2.59. The molecular formula is C12H16ClN3O6. The molecule has 0 aromatic carbocycles. The van der Waals surface area contributed by atoms with E-state index in [1.807, 2.05) is 0 Å². The molecule has 2 aliphatic heterocycles. The summed E-state index contributed by atoms with van der Waals surface area (Å²) < 4.78 is 15.9. The highest BCUT2D eigenvalue weighted by atomic mass is 35.5. The maximum Gasteiger partial charge on any atom is 0.319 e. The summed E-state index contributed by atoms with van der Waals surface area (Å²) in [5, 5.41) is 32.9. The van der Waals surface area contributed by atoms with Gasteiger partial charge in [-0.3, -0.25) is 0 Å². The Balaban J connectivity index is 1.83. The first-order valence-corrected chi connectivity index (χ1v) is 6.98. The fourth-order valence-corrected chi connectivity index (χ4v) is 2.76. The van der Waals surface area contributed by atoms with Gasteiger partial charge < -0.3 is 34.8 Å². The molecule has 2 bridgehead atoms.